The largest absolute Gasteiger partial charge is 0.337 e. The molecule has 3 nitrogen and oxygen atoms in total. The molecule has 0 aliphatic carbocycles. The van der Waals surface area contributed by atoms with Crippen LogP contribution in [0.25, 0.3) is 0 Å². The molecule has 15 heavy (non-hydrogen) atoms. The lowest BCUT2D eigenvalue weighted by atomic mass is 10.1. The van der Waals surface area contributed by atoms with Crippen molar-refractivity contribution in [2.24, 2.45) is 7.05 Å². The third-order valence-electron chi connectivity index (χ3n) is 3.05. The summed E-state index contributed by atoms with van der Waals surface area (Å²) in [5.41, 5.74) is 0. The summed E-state index contributed by atoms with van der Waals surface area (Å²) < 4.78 is 2.08. The van der Waals surface area contributed by atoms with Crippen molar-refractivity contribution in [2.75, 3.05) is 5.75 Å². The standard InChI is InChI=1S/C11H19N3S/c1-9-10(4-3-7-15-9)13-8-11-12-5-6-14(11)2/h5-6,9-10,13H,3-4,7-8H2,1-2H3. The molecule has 84 valence electrons. The van der Waals surface area contributed by atoms with Crippen molar-refractivity contribution in [3.05, 3.63) is 18.2 Å². The van der Waals surface area contributed by atoms with Crippen LogP contribution in [0.4, 0.5) is 0 Å². The first kappa shape index (κ1) is 11.0. The minimum absolute atomic E-state index is 0.653. The minimum Gasteiger partial charge on any atom is -0.337 e. The third-order valence-corrected chi connectivity index (χ3v) is 4.43. The van der Waals surface area contributed by atoms with Gasteiger partial charge >= 0.3 is 0 Å². The molecule has 2 atom stereocenters. The van der Waals surface area contributed by atoms with Crippen LogP contribution in [0.1, 0.15) is 25.6 Å². The summed E-state index contributed by atoms with van der Waals surface area (Å²) in [4.78, 5) is 4.32. The van der Waals surface area contributed by atoms with E-state index in [-0.39, 0.29) is 0 Å². The summed E-state index contributed by atoms with van der Waals surface area (Å²) in [6.45, 7) is 3.21. The van der Waals surface area contributed by atoms with Crippen molar-refractivity contribution in [3.63, 3.8) is 0 Å². The fourth-order valence-corrected chi connectivity index (χ4v) is 3.15. The Morgan fingerprint density at radius 1 is 1.67 bits per heavy atom. The Hall–Kier alpha value is -0.480. The highest BCUT2D eigenvalue weighted by atomic mass is 32.2. The van der Waals surface area contributed by atoms with Crippen LogP contribution in [0.2, 0.25) is 0 Å². The lowest BCUT2D eigenvalue weighted by Gasteiger charge is -2.29. The van der Waals surface area contributed by atoms with E-state index in [0.29, 0.717) is 6.04 Å². The second-order valence-electron chi connectivity index (χ2n) is 4.16. The van der Waals surface area contributed by atoms with Crippen LogP contribution >= 0.6 is 11.8 Å². The summed E-state index contributed by atoms with van der Waals surface area (Å²) in [7, 11) is 2.04. The van der Waals surface area contributed by atoms with Crippen LogP contribution in [0, 0.1) is 0 Å². The van der Waals surface area contributed by atoms with Crippen molar-refractivity contribution in [2.45, 2.75) is 37.6 Å². The summed E-state index contributed by atoms with van der Waals surface area (Å²) in [5.74, 6) is 2.44. The van der Waals surface area contributed by atoms with Gasteiger partial charge in [0.05, 0.1) is 6.54 Å². The average molecular weight is 225 g/mol. The summed E-state index contributed by atoms with van der Waals surface area (Å²) in [6.07, 6.45) is 6.50. The van der Waals surface area contributed by atoms with E-state index in [9.17, 15) is 0 Å². The number of rotatable bonds is 3. The smallest absolute Gasteiger partial charge is 0.122 e. The van der Waals surface area contributed by atoms with Crippen molar-refractivity contribution in [1.82, 2.24) is 14.9 Å². The van der Waals surface area contributed by atoms with Crippen LogP contribution in [-0.2, 0) is 13.6 Å². The lowest BCUT2D eigenvalue weighted by Crippen LogP contribution is -2.39. The van der Waals surface area contributed by atoms with Crippen LogP contribution in [0.5, 0.6) is 0 Å². The summed E-state index contributed by atoms with van der Waals surface area (Å²) in [5, 5.41) is 4.35. The van der Waals surface area contributed by atoms with Crippen LogP contribution in [0.15, 0.2) is 12.4 Å². The topological polar surface area (TPSA) is 29.9 Å². The Labute approximate surface area is 95.7 Å². The van der Waals surface area contributed by atoms with Gasteiger partial charge in [0.1, 0.15) is 5.82 Å². The Morgan fingerprint density at radius 3 is 3.20 bits per heavy atom. The van der Waals surface area contributed by atoms with E-state index in [1.54, 1.807) is 0 Å². The molecule has 0 spiro atoms. The van der Waals surface area contributed by atoms with E-state index < -0.39 is 0 Å². The Kier molecular flexibility index (Phi) is 3.70. The normalized spacial score (nSPS) is 26.8. The predicted molar refractivity (Wildman–Crippen MR) is 65.0 cm³/mol. The highest BCUT2D eigenvalue weighted by Gasteiger charge is 2.21. The fraction of sp³-hybridized carbons (Fsp3) is 0.727. The van der Waals surface area contributed by atoms with E-state index in [1.165, 1.54) is 18.6 Å². The number of thioether (sulfide) groups is 1. The van der Waals surface area contributed by atoms with Crippen molar-refractivity contribution >= 4 is 11.8 Å². The summed E-state index contributed by atoms with van der Waals surface area (Å²) >= 11 is 2.08. The van der Waals surface area contributed by atoms with Gasteiger partial charge in [-0.05, 0) is 18.6 Å². The van der Waals surface area contributed by atoms with Gasteiger partial charge in [0.25, 0.3) is 0 Å². The Balaban J connectivity index is 1.84. The van der Waals surface area contributed by atoms with Gasteiger partial charge in [-0.15, -0.1) is 0 Å². The number of nitrogens with zero attached hydrogens (tertiary/aromatic N) is 2. The highest BCUT2D eigenvalue weighted by molar-refractivity contribution is 7.99. The quantitative estimate of drug-likeness (QED) is 0.850. The molecule has 0 saturated carbocycles. The summed E-state index contributed by atoms with van der Waals surface area (Å²) in [6, 6.07) is 0.653. The molecule has 1 aliphatic rings. The van der Waals surface area contributed by atoms with E-state index in [0.717, 1.165) is 17.6 Å². The molecule has 2 heterocycles. The van der Waals surface area contributed by atoms with Gasteiger partial charge in [0.15, 0.2) is 0 Å². The monoisotopic (exact) mass is 225 g/mol. The minimum atomic E-state index is 0.653. The van der Waals surface area contributed by atoms with E-state index in [1.807, 2.05) is 19.4 Å². The predicted octanol–water partition coefficient (Wildman–Crippen LogP) is 1.79. The van der Waals surface area contributed by atoms with Gasteiger partial charge in [0.2, 0.25) is 0 Å². The molecule has 1 aromatic heterocycles. The maximum absolute atomic E-state index is 4.32. The first-order chi connectivity index (χ1) is 7.27. The lowest BCUT2D eigenvalue weighted by molar-refractivity contribution is 0.452. The molecule has 0 aromatic carbocycles. The Bertz CT molecular complexity index is 311. The molecule has 1 saturated heterocycles. The molecule has 0 bridgehead atoms. The molecule has 2 rings (SSSR count). The molecular weight excluding hydrogens is 206 g/mol. The molecule has 1 aliphatic heterocycles. The van der Waals surface area contributed by atoms with E-state index in [4.69, 9.17) is 0 Å². The zero-order valence-corrected chi connectivity index (χ0v) is 10.3. The van der Waals surface area contributed by atoms with Gasteiger partial charge in [-0.25, -0.2) is 4.98 Å². The molecular formula is C11H19N3S. The number of hydrogen-bond acceptors (Lipinski definition) is 3. The number of nitrogens with one attached hydrogen (secondary N) is 1. The Morgan fingerprint density at radius 2 is 2.53 bits per heavy atom. The molecule has 0 amide bonds. The van der Waals surface area contributed by atoms with Crippen molar-refractivity contribution < 1.29 is 0 Å². The first-order valence-electron chi connectivity index (χ1n) is 5.58. The number of imidazole rings is 1. The maximum atomic E-state index is 4.32. The second-order valence-corrected chi connectivity index (χ2v) is 5.65. The van der Waals surface area contributed by atoms with Crippen molar-refractivity contribution in [3.8, 4) is 0 Å². The van der Waals surface area contributed by atoms with Crippen LogP contribution in [-0.4, -0.2) is 26.6 Å². The molecule has 1 fully saturated rings. The zero-order valence-electron chi connectivity index (χ0n) is 9.44. The van der Waals surface area contributed by atoms with Gasteiger partial charge < -0.3 is 9.88 Å². The van der Waals surface area contributed by atoms with E-state index >= 15 is 0 Å². The van der Waals surface area contributed by atoms with Crippen LogP contribution < -0.4 is 5.32 Å². The van der Waals surface area contributed by atoms with Gasteiger partial charge in [-0.2, -0.15) is 11.8 Å². The first-order valence-corrected chi connectivity index (χ1v) is 6.63. The maximum Gasteiger partial charge on any atom is 0.122 e. The number of aromatic nitrogens is 2. The number of aryl methyl sites for hydroxylation is 1. The van der Waals surface area contributed by atoms with Gasteiger partial charge in [-0.3, -0.25) is 0 Å². The molecule has 0 radical (unpaired) electrons. The molecule has 4 heteroatoms. The van der Waals surface area contributed by atoms with Gasteiger partial charge in [-0.1, -0.05) is 6.92 Å². The zero-order chi connectivity index (χ0) is 10.7. The average Bonchev–Trinajstić information content (AvgIpc) is 2.63. The number of hydrogen-bond donors (Lipinski definition) is 1. The molecule has 1 N–H and O–H groups in total. The SMILES string of the molecule is CC1SCCCC1NCc1nccn1C. The molecule has 1 aromatic rings. The van der Waals surface area contributed by atoms with Gasteiger partial charge in [0, 0.05) is 30.7 Å². The van der Waals surface area contributed by atoms with E-state index in [2.05, 4.69) is 33.6 Å². The second kappa shape index (κ2) is 5.03. The fourth-order valence-electron chi connectivity index (χ4n) is 1.98. The van der Waals surface area contributed by atoms with Crippen molar-refractivity contribution in [1.29, 1.82) is 0 Å². The third kappa shape index (κ3) is 2.75. The van der Waals surface area contributed by atoms with Crippen LogP contribution in [0.3, 0.4) is 0 Å². The highest BCUT2D eigenvalue weighted by Crippen LogP contribution is 2.25. The molecule has 2 unspecified atom stereocenters.